The molecule has 0 aliphatic heterocycles. The third kappa shape index (κ3) is 4.07. The summed E-state index contributed by atoms with van der Waals surface area (Å²) in [6.07, 6.45) is 8.35. The minimum Gasteiger partial charge on any atom is -0.405 e. The molecule has 0 bridgehead atoms. The van der Waals surface area contributed by atoms with E-state index in [9.17, 15) is 0 Å². The molecule has 31 heavy (non-hydrogen) atoms. The number of anilines is 1. The molecule has 3 rings (SSSR count). The summed E-state index contributed by atoms with van der Waals surface area (Å²) in [7, 11) is 1.77. The van der Waals surface area contributed by atoms with Crippen molar-refractivity contribution in [1.82, 2.24) is 4.98 Å². The lowest BCUT2D eigenvalue weighted by Crippen LogP contribution is -2.22. The summed E-state index contributed by atoms with van der Waals surface area (Å²) in [4.78, 5) is 9.40. The molecule has 2 aromatic carbocycles. The maximum atomic E-state index is 6.60. The number of fused-ring (bicyclic) bond motifs is 1. The van der Waals surface area contributed by atoms with Crippen LogP contribution in [0.2, 0.25) is 0 Å². The van der Waals surface area contributed by atoms with Gasteiger partial charge in [-0.05, 0) is 59.7 Å². The van der Waals surface area contributed by atoms with Crippen LogP contribution in [0.1, 0.15) is 62.4 Å². The van der Waals surface area contributed by atoms with Crippen LogP contribution in [0.3, 0.4) is 0 Å². The first kappa shape index (κ1) is 22.5. The van der Waals surface area contributed by atoms with Crippen LogP contribution < -0.4 is 11.5 Å². The number of aryl methyl sites for hydroxylation is 1. The van der Waals surface area contributed by atoms with Crippen LogP contribution >= 0.6 is 0 Å². The fourth-order valence-electron chi connectivity index (χ4n) is 4.55. The number of benzene rings is 2. The van der Waals surface area contributed by atoms with Crippen LogP contribution in [-0.2, 0) is 5.41 Å². The second kappa shape index (κ2) is 9.34. The molecule has 0 radical (unpaired) electrons. The predicted octanol–water partition coefficient (Wildman–Crippen LogP) is 6.24. The third-order valence-corrected chi connectivity index (χ3v) is 6.43. The summed E-state index contributed by atoms with van der Waals surface area (Å²) in [5.41, 5.74) is 20.3. The van der Waals surface area contributed by atoms with Gasteiger partial charge in [0.15, 0.2) is 0 Å². The maximum Gasteiger partial charge on any atom is 0.0887 e. The highest BCUT2D eigenvalue weighted by Crippen LogP contribution is 2.42. The second-order valence-corrected chi connectivity index (χ2v) is 8.43. The zero-order chi connectivity index (χ0) is 22.6. The molecule has 162 valence electrons. The molecule has 1 aromatic heterocycles. The van der Waals surface area contributed by atoms with Gasteiger partial charge in [0.05, 0.1) is 16.9 Å². The van der Waals surface area contributed by atoms with Gasteiger partial charge in [0.1, 0.15) is 0 Å². The average molecular weight is 415 g/mol. The molecule has 4 N–H and O–H groups in total. The number of aliphatic imine (C=N–C) groups is 1. The number of hydrogen-bond acceptors (Lipinski definition) is 4. The van der Waals surface area contributed by atoms with Gasteiger partial charge in [-0.25, -0.2) is 4.98 Å². The molecule has 3 aromatic rings. The summed E-state index contributed by atoms with van der Waals surface area (Å²) >= 11 is 0. The van der Waals surface area contributed by atoms with E-state index >= 15 is 0 Å². The van der Waals surface area contributed by atoms with E-state index in [1.165, 1.54) is 22.9 Å². The van der Waals surface area contributed by atoms with E-state index in [4.69, 9.17) is 16.5 Å². The molecule has 0 saturated carbocycles. The lowest BCUT2D eigenvalue weighted by Gasteiger charge is -2.31. The molecule has 0 spiro atoms. The van der Waals surface area contributed by atoms with Crippen molar-refractivity contribution in [2.45, 2.75) is 52.4 Å². The molecule has 0 amide bonds. The lowest BCUT2D eigenvalue weighted by atomic mass is 9.74. The van der Waals surface area contributed by atoms with Crippen molar-refractivity contribution in [3.63, 3.8) is 0 Å². The summed E-state index contributed by atoms with van der Waals surface area (Å²) in [5.74, 6) is 0. The van der Waals surface area contributed by atoms with Crippen molar-refractivity contribution in [3.8, 4) is 11.1 Å². The fourth-order valence-corrected chi connectivity index (χ4v) is 4.55. The van der Waals surface area contributed by atoms with Crippen molar-refractivity contribution >= 4 is 28.9 Å². The number of nitrogen functional groups attached to an aromatic ring is 1. The van der Waals surface area contributed by atoms with Gasteiger partial charge in [-0.1, -0.05) is 63.6 Å². The second-order valence-electron chi connectivity index (χ2n) is 8.43. The zero-order valence-electron chi connectivity index (χ0n) is 19.4. The van der Waals surface area contributed by atoms with Gasteiger partial charge in [0.25, 0.3) is 0 Å². The first-order valence-electron chi connectivity index (χ1n) is 11.0. The Morgan fingerprint density at radius 3 is 2.45 bits per heavy atom. The molecular formula is C27H34N4. The Morgan fingerprint density at radius 2 is 1.84 bits per heavy atom. The van der Waals surface area contributed by atoms with Gasteiger partial charge in [0.2, 0.25) is 0 Å². The fraction of sp³-hybridized carbons (Fsp3) is 0.333. The van der Waals surface area contributed by atoms with E-state index in [-0.39, 0.29) is 5.41 Å². The summed E-state index contributed by atoms with van der Waals surface area (Å²) in [5, 5.41) is 1.06. The minimum atomic E-state index is 0.0186. The van der Waals surface area contributed by atoms with Crippen molar-refractivity contribution < 1.29 is 0 Å². The van der Waals surface area contributed by atoms with Gasteiger partial charge < -0.3 is 11.5 Å². The molecular weight excluding hydrogens is 380 g/mol. The number of rotatable bonds is 7. The van der Waals surface area contributed by atoms with Crippen LogP contribution in [-0.4, -0.2) is 18.2 Å². The van der Waals surface area contributed by atoms with Crippen LogP contribution in [0.25, 0.3) is 28.1 Å². The molecule has 4 heteroatoms. The largest absolute Gasteiger partial charge is 0.405 e. The smallest absolute Gasteiger partial charge is 0.0887 e. The summed E-state index contributed by atoms with van der Waals surface area (Å²) in [6, 6.07) is 12.9. The molecule has 1 heterocycles. The Morgan fingerprint density at radius 1 is 1.10 bits per heavy atom. The third-order valence-electron chi connectivity index (χ3n) is 6.43. The standard InChI is InChI=1S/C27H34N4/c1-6-15-27(4,7-2)22-13-12-20(19-11-9-8-10-18(19)3)24-21(17-30-5)25(29)23(14-16-28)31-26(22)24/h8-14,16-17H,6-7,15,28-29H2,1-5H3/b16-14-,30-17?. The molecule has 1 unspecified atom stereocenters. The predicted molar refractivity (Wildman–Crippen MR) is 136 cm³/mol. The number of hydrogen-bond donors (Lipinski definition) is 2. The highest BCUT2D eigenvalue weighted by atomic mass is 14.8. The van der Waals surface area contributed by atoms with Gasteiger partial charge in [-0.3, -0.25) is 4.99 Å². The molecule has 4 nitrogen and oxygen atoms in total. The van der Waals surface area contributed by atoms with E-state index < -0.39 is 0 Å². The number of nitrogens with two attached hydrogens (primary N) is 2. The summed E-state index contributed by atoms with van der Waals surface area (Å²) < 4.78 is 0. The van der Waals surface area contributed by atoms with Gasteiger partial charge >= 0.3 is 0 Å². The minimum absolute atomic E-state index is 0.0186. The molecule has 0 aliphatic carbocycles. The Kier molecular flexibility index (Phi) is 6.79. The van der Waals surface area contributed by atoms with E-state index in [0.29, 0.717) is 11.4 Å². The first-order valence-corrected chi connectivity index (χ1v) is 11.0. The van der Waals surface area contributed by atoms with E-state index in [0.717, 1.165) is 41.3 Å². The van der Waals surface area contributed by atoms with Gasteiger partial charge in [-0.2, -0.15) is 0 Å². The quantitative estimate of drug-likeness (QED) is 0.449. The lowest BCUT2D eigenvalue weighted by molar-refractivity contribution is 0.416. The highest BCUT2D eigenvalue weighted by Gasteiger charge is 2.28. The SMILES string of the molecule is CCCC(C)(CC)c1ccc(-c2ccccc2C)c2c(C=NC)c(N)c(/C=C\N)nc12. The average Bonchev–Trinajstić information content (AvgIpc) is 2.76. The van der Waals surface area contributed by atoms with Gasteiger partial charge in [0, 0.05) is 24.2 Å². The molecule has 1 atom stereocenters. The number of aromatic nitrogens is 1. The Balaban J connectivity index is 2.56. The Labute approximate surface area is 186 Å². The number of nitrogens with zero attached hydrogens (tertiary/aromatic N) is 2. The highest BCUT2D eigenvalue weighted by molar-refractivity contribution is 6.12. The van der Waals surface area contributed by atoms with E-state index in [2.05, 4.69) is 69.1 Å². The van der Waals surface area contributed by atoms with Crippen molar-refractivity contribution in [3.05, 3.63) is 65.0 Å². The first-order chi connectivity index (χ1) is 14.9. The Bertz CT molecular complexity index is 1140. The topological polar surface area (TPSA) is 77.3 Å². The van der Waals surface area contributed by atoms with E-state index in [1.807, 2.05) is 6.21 Å². The maximum absolute atomic E-state index is 6.60. The molecule has 0 aliphatic rings. The van der Waals surface area contributed by atoms with Crippen molar-refractivity contribution in [2.24, 2.45) is 10.7 Å². The van der Waals surface area contributed by atoms with Crippen LogP contribution in [0, 0.1) is 6.92 Å². The van der Waals surface area contributed by atoms with Crippen LogP contribution in [0.4, 0.5) is 5.69 Å². The van der Waals surface area contributed by atoms with Crippen molar-refractivity contribution in [2.75, 3.05) is 12.8 Å². The van der Waals surface area contributed by atoms with Crippen LogP contribution in [0.5, 0.6) is 0 Å². The monoisotopic (exact) mass is 414 g/mol. The zero-order valence-corrected chi connectivity index (χ0v) is 19.4. The van der Waals surface area contributed by atoms with Crippen LogP contribution in [0.15, 0.2) is 47.6 Å². The molecule has 0 saturated heterocycles. The van der Waals surface area contributed by atoms with Crippen molar-refractivity contribution in [1.29, 1.82) is 0 Å². The number of pyridine rings is 1. The molecule has 0 fully saturated rings. The van der Waals surface area contributed by atoms with E-state index in [1.54, 1.807) is 13.1 Å². The normalized spacial score (nSPS) is 14.0. The Hall–Kier alpha value is -3.14. The summed E-state index contributed by atoms with van der Waals surface area (Å²) in [6.45, 7) is 8.96. The van der Waals surface area contributed by atoms with Gasteiger partial charge in [-0.15, -0.1) is 0 Å².